The van der Waals surface area contributed by atoms with Crippen molar-refractivity contribution >= 4 is 11.9 Å². The van der Waals surface area contributed by atoms with E-state index in [0.717, 1.165) is 28.1 Å². The first-order valence-electron chi connectivity index (χ1n) is 16.1. The summed E-state index contributed by atoms with van der Waals surface area (Å²) in [4.78, 5) is 26.6. The average Bonchev–Trinajstić information content (AvgIpc) is 3.57. The van der Waals surface area contributed by atoms with Crippen molar-refractivity contribution in [1.82, 2.24) is 20.1 Å². The summed E-state index contributed by atoms with van der Waals surface area (Å²) in [6, 6.07) is 17.1. The van der Waals surface area contributed by atoms with Crippen LogP contribution >= 0.6 is 0 Å². The van der Waals surface area contributed by atoms with E-state index in [0.29, 0.717) is 23.4 Å². The van der Waals surface area contributed by atoms with Crippen LogP contribution in [0.4, 0.5) is 4.39 Å². The largest absolute Gasteiger partial charge is 0.460 e. The van der Waals surface area contributed by atoms with Crippen LogP contribution < -0.4 is 5.32 Å². The Labute approximate surface area is 276 Å². The highest BCUT2D eigenvalue weighted by Crippen LogP contribution is 2.42. The molecule has 4 rings (SSSR count). The monoisotopic (exact) mass is 646 g/mol. The van der Waals surface area contributed by atoms with Gasteiger partial charge in [-0.2, -0.15) is 5.10 Å². The molecular weight excluding hydrogens is 599 g/mol. The number of amides is 1. The highest BCUT2D eigenvalue weighted by molar-refractivity contribution is 6.05. The zero-order valence-corrected chi connectivity index (χ0v) is 28.3. The Balaban J connectivity index is 1.77. The number of esters is 1. The second-order valence-electron chi connectivity index (χ2n) is 13.4. The number of carbonyl (C=O) groups excluding carboxylic acids is 2. The minimum atomic E-state index is -1.08. The summed E-state index contributed by atoms with van der Waals surface area (Å²) >= 11 is 0. The maximum Gasteiger partial charge on any atom is 0.308 e. The van der Waals surface area contributed by atoms with Crippen molar-refractivity contribution in [2.75, 3.05) is 0 Å². The fourth-order valence-corrected chi connectivity index (χ4v) is 5.88. The van der Waals surface area contributed by atoms with Gasteiger partial charge in [0.15, 0.2) is 0 Å². The second-order valence-corrected chi connectivity index (χ2v) is 13.4. The molecule has 3 atom stereocenters. The first-order chi connectivity index (χ1) is 22.1. The standard InChI is InChI=1S/C37H47FN4O5/c1-22(2)42-31(18-17-28(43)20-29(44)21-32(45)47-37(5,6)7)33(26-13-15-27(38)16-14-26)34(25-11-9-8-10-12-25)35(42)36(46)39-24(4)30-19-23(3)40-41-30/h8-16,19,22,24,28-29,43-44H,17-18,20-21H2,1-7H3,(H,39,46)(H,40,41)/t24?,28-,29-/m1/s1. The SMILES string of the molecule is Cc1cc(C(C)NC(=O)c2c(-c3ccccc3)c(-c3ccc(F)cc3)c(CC[C@@H](O)C[C@@H](O)CC(=O)OC(C)(C)C)n2C(C)C)n[nH]1. The van der Waals surface area contributed by atoms with Crippen LogP contribution in [0.2, 0.25) is 0 Å². The van der Waals surface area contributed by atoms with Crippen LogP contribution in [-0.2, 0) is 16.0 Å². The van der Waals surface area contributed by atoms with Gasteiger partial charge in [-0.3, -0.25) is 14.7 Å². The Hall–Kier alpha value is -4.28. The molecule has 0 aliphatic rings. The lowest BCUT2D eigenvalue weighted by Gasteiger charge is -2.22. The Bertz CT molecular complexity index is 1650. The van der Waals surface area contributed by atoms with E-state index in [1.54, 1.807) is 32.9 Å². The summed E-state index contributed by atoms with van der Waals surface area (Å²) in [5, 5.41) is 32.0. The van der Waals surface area contributed by atoms with Gasteiger partial charge in [-0.1, -0.05) is 42.5 Å². The first kappa shape index (κ1) is 35.6. The predicted molar refractivity (Wildman–Crippen MR) is 180 cm³/mol. The Morgan fingerprint density at radius 1 is 0.979 bits per heavy atom. The molecule has 2 aromatic heterocycles. The normalized spacial score (nSPS) is 13.8. The van der Waals surface area contributed by atoms with Gasteiger partial charge < -0.3 is 24.8 Å². The topological polar surface area (TPSA) is 129 Å². The zero-order chi connectivity index (χ0) is 34.5. The molecule has 0 saturated heterocycles. The number of aromatic amines is 1. The second kappa shape index (κ2) is 15.1. The number of halogens is 1. The maximum atomic E-state index is 14.3. The number of hydrogen-bond acceptors (Lipinski definition) is 6. The van der Waals surface area contributed by atoms with Gasteiger partial charge in [0.1, 0.15) is 17.1 Å². The van der Waals surface area contributed by atoms with Crippen LogP contribution in [0, 0.1) is 12.7 Å². The van der Waals surface area contributed by atoms with Crippen molar-refractivity contribution in [2.24, 2.45) is 0 Å². The van der Waals surface area contributed by atoms with Crippen molar-refractivity contribution < 1.29 is 28.9 Å². The first-order valence-corrected chi connectivity index (χ1v) is 16.1. The molecule has 0 aliphatic heterocycles. The molecule has 0 spiro atoms. The van der Waals surface area contributed by atoms with Gasteiger partial charge in [0.05, 0.1) is 30.4 Å². The van der Waals surface area contributed by atoms with Crippen molar-refractivity contribution in [2.45, 2.75) is 104 Å². The number of carbonyl (C=O) groups is 2. The van der Waals surface area contributed by atoms with Crippen LogP contribution in [0.3, 0.4) is 0 Å². The summed E-state index contributed by atoms with van der Waals surface area (Å²) in [5.41, 5.74) is 5.14. The van der Waals surface area contributed by atoms with Crippen LogP contribution in [0.15, 0.2) is 60.7 Å². The van der Waals surface area contributed by atoms with E-state index >= 15 is 0 Å². The number of nitrogens with one attached hydrogen (secondary N) is 2. The minimum Gasteiger partial charge on any atom is -0.460 e. The number of nitrogens with zero attached hydrogens (tertiary/aromatic N) is 2. The molecule has 252 valence electrons. The molecule has 0 bridgehead atoms. The highest BCUT2D eigenvalue weighted by atomic mass is 19.1. The summed E-state index contributed by atoms with van der Waals surface area (Å²) in [6.07, 6.45) is -1.69. The van der Waals surface area contributed by atoms with E-state index in [4.69, 9.17) is 4.74 Å². The molecule has 2 heterocycles. The van der Waals surface area contributed by atoms with Gasteiger partial charge in [-0.05, 0) is 97.1 Å². The lowest BCUT2D eigenvalue weighted by atomic mass is 9.92. The van der Waals surface area contributed by atoms with Gasteiger partial charge in [0.25, 0.3) is 5.91 Å². The Morgan fingerprint density at radius 2 is 1.62 bits per heavy atom. The third-order valence-electron chi connectivity index (χ3n) is 7.83. The van der Waals surface area contributed by atoms with Crippen LogP contribution in [0.25, 0.3) is 22.3 Å². The van der Waals surface area contributed by atoms with Crippen molar-refractivity contribution in [1.29, 1.82) is 0 Å². The van der Waals surface area contributed by atoms with Gasteiger partial charge >= 0.3 is 5.97 Å². The molecular formula is C37H47FN4O5. The number of aliphatic hydroxyl groups is 2. The van der Waals surface area contributed by atoms with Crippen LogP contribution in [0.1, 0.15) is 100 Å². The molecule has 10 heteroatoms. The molecule has 0 fully saturated rings. The van der Waals surface area contributed by atoms with Gasteiger partial charge in [-0.25, -0.2) is 4.39 Å². The molecule has 0 aliphatic carbocycles. The van der Waals surface area contributed by atoms with E-state index in [-0.39, 0.29) is 37.0 Å². The number of ether oxygens (including phenoxy) is 1. The van der Waals surface area contributed by atoms with Crippen LogP contribution in [0.5, 0.6) is 0 Å². The van der Waals surface area contributed by atoms with Crippen molar-refractivity contribution in [3.63, 3.8) is 0 Å². The smallest absolute Gasteiger partial charge is 0.308 e. The molecule has 0 radical (unpaired) electrons. The minimum absolute atomic E-state index is 0.0208. The fourth-order valence-electron chi connectivity index (χ4n) is 5.88. The molecule has 2 aromatic carbocycles. The quantitative estimate of drug-likeness (QED) is 0.118. The predicted octanol–water partition coefficient (Wildman–Crippen LogP) is 6.84. The number of hydrogen-bond donors (Lipinski definition) is 4. The van der Waals surface area contributed by atoms with E-state index in [9.17, 15) is 24.2 Å². The molecule has 1 amide bonds. The number of H-pyrrole nitrogens is 1. The number of aryl methyl sites for hydroxylation is 1. The van der Waals surface area contributed by atoms with Gasteiger partial charge in [0.2, 0.25) is 0 Å². The van der Waals surface area contributed by atoms with Crippen molar-refractivity contribution in [3.05, 3.63) is 89.3 Å². The summed E-state index contributed by atoms with van der Waals surface area (Å²) in [5.74, 6) is -1.21. The highest BCUT2D eigenvalue weighted by Gasteiger charge is 2.31. The van der Waals surface area contributed by atoms with E-state index < -0.39 is 29.8 Å². The van der Waals surface area contributed by atoms with Gasteiger partial charge in [0, 0.05) is 28.6 Å². The lowest BCUT2D eigenvalue weighted by molar-refractivity contribution is -0.157. The molecule has 9 nitrogen and oxygen atoms in total. The van der Waals surface area contributed by atoms with E-state index in [1.165, 1.54) is 12.1 Å². The number of rotatable bonds is 13. The third kappa shape index (κ3) is 9.17. The maximum absolute atomic E-state index is 14.3. The third-order valence-corrected chi connectivity index (χ3v) is 7.83. The Kier molecular flexibility index (Phi) is 11.4. The van der Waals surface area contributed by atoms with E-state index in [2.05, 4.69) is 15.5 Å². The molecule has 1 unspecified atom stereocenters. The molecule has 4 aromatic rings. The average molecular weight is 647 g/mol. The van der Waals surface area contributed by atoms with Gasteiger partial charge in [-0.15, -0.1) is 0 Å². The number of benzene rings is 2. The lowest BCUT2D eigenvalue weighted by Crippen LogP contribution is -2.30. The molecule has 0 saturated carbocycles. The van der Waals surface area contributed by atoms with E-state index in [1.807, 2.05) is 68.7 Å². The Morgan fingerprint density at radius 3 is 2.19 bits per heavy atom. The van der Waals surface area contributed by atoms with Crippen LogP contribution in [-0.4, -0.2) is 54.7 Å². The summed E-state index contributed by atoms with van der Waals surface area (Å²) in [6.45, 7) is 13.0. The fraction of sp³-hybridized carbons (Fsp3) is 0.432. The van der Waals surface area contributed by atoms with Crippen molar-refractivity contribution in [3.8, 4) is 22.3 Å². The molecule has 47 heavy (non-hydrogen) atoms. The zero-order valence-electron chi connectivity index (χ0n) is 28.3. The summed E-state index contributed by atoms with van der Waals surface area (Å²) in [7, 11) is 0. The summed E-state index contributed by atoms with van der Waals surface area (Å²) < 4.78 is 21.5. The number of aliphatic hydroxyl groups excluding tert-OH is 2. The number of aromatic nitrogens is 3. The molecule has 4 N–H and O–H groups in total.